The molecule has 1 aliphatic heterocycles. The number of amides is 1. The maximum Gasteiger partial charge on any atom is 0.226 e. The lowest BCUT2D eigenvalue weighted by Gasteiger charge is -2.32. The molecule has 3 rings (SSSR count). The van der Waals surface area contributed by atoms with E-state index in [1.165, 1.54) is 18.9 Å². The average Bonchev–Trinajstić information content (AvgIpc) is 3.34. The topological polar surface area (TPSA) is 32.3 Å². The average molecular weight is 369 g/mol. The summed E-state index contributed by atoms with van der Waals surface area (Å²) in [5, 5.41) is 3.62. The van der Waals surface area contributed by atoms with Gasteiger partial charge in [-0.1, -0.05) is 6.07 Å². The largest absolute Gasteiger partial charge is 0.342 e. The SMILES string of the molecule is O=C(Cc1ccc(F)c(Br)c1)N1CCC(NCC2CC2)CC1. The maximum absolute atomic E-state index is 13.2. The van der Waals surface area contributed by atoms with E-state index in [-0.39, 0.29) is 11.7 Å². The minimum atomic E-state index is -0.293. The third-order valence-corrected chi connectivity index (χ3v) is 5.19. The number of halogens is 2. The molecule has 0 atom stereocenters. The van der Waals surface area contributed by atoms with Crippen LogP contribution in [0.2, 0.25) is 0 Å². The zero-order valence-electron chi connectivity index (χ0n) is 12.7. The number of piperidine rings is 1. The van der Waals surface area contributed by atoms with Crippen molar-refractivity contribution < 1.29 is 9.18 Å². The molecular weight excluding hydrogens is 347 g/mol. The molecule has 1 saturated heterocycles. The molecule has 3 nitrogen and oxygen atoms in total. The van der Waals surface area contributed by atoms with E-state index in [1.807, 2.05) is 4.90 Å². The summed E-state index contributed by atoms with van der Waals surface area (Å²) in [5.74, 6) is 0.745. The molecule has 1 aliphatic carbocycles. The number of nitrogens with one attached hydrogen (secondary N) is 1. The minimum Gasteiger partial charge on any atom is -0.342 e. The van der Waals surface area contributed by atoms with E-state index in [2.05, 4.69) is 21.2 Å². The molecule has 22 heavy (non-hydrogen) atoms. The lowest BCUT2D eigenvalue weighted by atomic mass is 10.0. The Kier molecular flexibility index (Phi) is 5.14. The number of hydrogen-bond donors (Lipinski definition) is 1. The molecule has 0 aromatic heterocycles. The molecule has 1 aromatic rings. The molecule has 1 heterocycles. The van der Waals surface area contributed by atoms with Gasteiger partial charge in [-0.05, 0) is 71.8 Å². The standard InChI is InChI=1S/C17H22BrFN2O/c18-15-9-13(3-4-16(15)19)10-17(22)21-7-5-14(6-8-21)20-11-12-1-2-12/h3-4,9,12,14,20H,1-2,5-8,10-11H2. The van der Waals surface area contributed by atoms with Crippen molar-refractivity contribution in [2.24, 2.45) is 5.92 Å². The first-order valence-corrected chi connectivity index (χ1v) is 8.86. The summed E-state index contributed by atoms with van der Waals surface area (Å²) < 4.78 is 13.6. The molecule has 0 bridgehead atoms. The fourth-order valence-electron chi connectivity index (χ4n) is 2.92. The molecule has 2 aliphatic rings. The Morgan fingerprint density at radius 1 is 1.27 bits per heavy atom. The highest BCUT2D eigenvalue weighted by Gasteiger charge is 2.25. The zero-order chi connectivity index (χ0) is 15.5. The fourth-order valence-corrected chi connectivity index (χ4v) is 3.35. The maximum atomic E-state index is 13.2. The zero-order valence-corrected chi connectivity index (χ0v) is 14.2. The Hall–Kier alpha value is -0.940. The van der Waals surface area contributed by atoms with E-state index in [1.54, 1.807) is 12.1 Å². The van der Waals surface area contributed by atoms with E-state index < -0.39 is 0 Å². The van der Waals surface area contributed by atoms with Crippen LogP contribution < -0.4 is 5.32 Å². The molecule has 2 fully saturated rings. The van der Waals surface area contributed by atoms with Gasteiger partial charge in [0.05, 0.1) is 10.9 Å². The summed E-state index contributed by atoms with van der Waals surface area (Å²) in [7, 11) is 0. The normalized spacial score (nSPS) is 19.5. The van der Waals surface area contributed by atoms with E-state index >= 15 is 0 Å². The highest BCUT2D eigenvalue weighted by molar-refractivity contribution is 9.10. The van der Waals surface area contributed by atoms with Crippen molar-refractivity contribution in [3.8, 4) is 0 Å². The van der Waals surface area contributed by atoms with Crippen LogP contribution >= 0.6 is 15.9 Å². The summed E-state index contributed by atoms with van der Waals surface area (Å²) >= 11 is 3.17. The highest BCUT2D eigenvalue weighted by Crippen LogP contribution is 2.28. The molecule has 1 amide bonds. The summed E-state index contributed by atoms with van der Waals surface area (Å²) in [5.41, 5.74) is 0.854. The Morgan fingerprint density at radius 2 is 2.00 bits per heavy atom. The van der Waals surface area contributed by atoms with Gasteiger partial charge in [0.2, 0.25) is 5.91 Å². The van der Waals surface area contributed by atoms with Crippen LogP contribution in [-0.4, -0.2) is 36.5 Å². The second kappa shape index (κ2) is 7.09. The van der Waals surface area contributed by atoms with Crippen LogP contribution in [0, 0.1) is 11.7 Å². The summed E-state index contributed by atoms with van der Waals surface area (Å²) in [6.45, 7) is 2.79. The number of carbonyl (C=O) groups excluding carboxylic acids is 1. The van der Waals surface area contributed by atoms with Crippen LogP contribution in [0.1, 0.15) is 31.2 Å². The van der Waals surface area contributed by atoms with Crippen molar-refractivity contribution in [1.29, 1.82) is 0 Å². The fraction of sp³-hybridized carbons (Fsp3) is 0.588. The molecule has 1 aromatic carbocycles. The van der Waals surface area contributed by atoms with E-state index in [0.29, 0.717) is 16.9 Å². The number of rotatable bonds is 5. The Morgan fingerprint density at radius 3 is 2.64 bits per heavy atom. The Balaban J connectivity index is 1.45. The van der Waals surface area contributed by atoms with E-state index in [0.717, 1.165) is 44.0 Å². The van der Waals surface area contributed by atoms with Crippen LogP contribution in [0.3, 0.4) is 0 Å². The van der Waals surface area contributed by atoms with Crippen LogP contribution in [0.5, 0.6) is 0 Å². The van der Waals surface area contributed by atoms with Crippen LogP contribution in [0.4, 0.5) is 4.39 Å². The minimum absolute atomic E-state index is 0.138. The molecule has 120 valence electrons. The van der Waals surface area contributed by atoms with Gasteiger partial charge >= 0.3 is 0 Å². The van der Waals surface area contributed by atoms with Crippen molar-refractivity contribution in [2.45, 2.75) is 38.1 Å². The van der Waals surface area contributed by atoms with Gasteiger partial charge in [0.25, 0.3) is 0 Å². The first-order chi connectivity index (χ1) is 10.6. The molecular formula is C17H22BrFN2O. The van der Waals surface area contributed by atoms with Crippen LogP contribution in [-0.2, 0) is 11.2 Å². The second-order valence-electron chi connectivity index (χ2n) is 6.43. The highest BCUT2D eigenvalue weighted by atomic mass is 79.9. The smallest absolute Gasteiger partial charge is 0.226 e. The van der Waals surface area contributed by atoms with Crippen LogP contribution in [0.25, 0.3) is 0 Å². The molecule has 0 spiro atoms. The van der Waals surface area contributed by atoms with Gasteiger partial charge in [-0.15, -0.1) is 0 Å². The van der Waals surface area contributed by atoms with Gasteiger partial charge in [-0.3, -0.25) is 4.79 Å². The Labute approximate surface area is 139 Å². The summed E-state index contributed by atoms with van der Waals surface area (Å²) in [6.07, 6.45) is 5.16. The number of likely N-dealkylation sites (tertiary alicyclic amines) is 1. The molecule has 1 saturated carbocycles. The number of hydrogen-bond acceptors (Lipinski definition) is 2. The lowest BCUT2D eigenvalue weighted by molar-refractivity contribution is -0.131. The van der Waals surface area contributed by atoms with E-state index in [9.17, 15) is 9.18 Å². The van der Waals surface area contributed by atoms with Gasteiger partial charge in [0.15, 0.2) is 0 Å². The molecule has 1 N–H and O–H groups in total. The first-order valence-electron chi connectivity index (χ1n) is 8.07. The van der Waals surface area contributed by atoms with E-state index in [4.69, 9.17) is 0 Å². The first kappa shape index (κ1) is 15.9. The van der Waals surface area contributed by atoms with Gasteiger partial charge in [-0.25, -0.2) is 4.39 Å². The van der Waals surface area contributed by atoms with Gasteiger partial charge in [0, 0.05) is 19.1 Å². The quantitative estimate of drug-likeness (QED) is 0.865. The predicted octanol–water partition coefficient (Wildman–Crippen LogP) is 3.12. The van der Waals surface area contributed by atoms with Gasteiger partial charge in [0.1, 0.15) is 5.82 Å². The monoisotopic (exact) mass is 368 g/mol. The van der Waals surface area contributed by atoms with Crippen LogP contribution in [0.15, 0.2) is 22.7 Å². The summed E-state index contributed by atoms with van der Waals surface area (Å²) in [6, 6.07) is 5.34. The van der Waals surface area contributed by atoms with Gasteiger partial charge < -0.3 is 10.2 Å². The van der Waals surface area contributed by atoms with Crippen molar-refractivity contribution >= 4 is 21.8 Å². The summed E-state index contributed by atoms with van der Waals surface area (Å²) in [4.78, 5) is 14.3. The van der Waals surface area contributed by atoms with Crippen molar-refractivity contribution in [3.05, 3.63) is 34.1 Å². The van der Waals surface area contributed by atoms with Gasteiger partial charge in [-0.2, -0.15) is 0 Å². The Bertz CT molecular complexity index is 539. The number of benzene rings is 1. The second-order valence-corrected chi connectivity index (χ2v) is 7.29. The van der Waals surface area contributed by atoms with Crippen molar-refractivity contribution in [2.75, 3.05) is 19.6 Å². The molecule has 5 heteroatoms. The predicted molar refractivity (Wildman–Crippen MR) is 88.1 cm³/mol. The lowest BCUT2D eigenvalue weighted by Crippen LogP contribution is -2.45. The van der Waals surface area contributed by atoms with Crippen molar-refractivity contribution in [3.63, 3.8) is 0 Å². The number of nitrogens with zero attached hydrogens (tertiary/aromatic N) is 1. The van der Waals surface area contributed by atoms with Crippen molar-refractivity contribution in [1.82, 2.24) is 10.2 Å². The third kappa shape index (κ3) is 4.29. The molecule has 0 radical (unpaired) electrons. The molecule has 0 unspecified atom stereocenters. The number of carbonyl (C=O) groups is 1. The third-order valence-electron chi connectivity index (χ3n) is 4.58.